The van der Waals surface area contributed by atoms with E-state index < -0.39 is 11.9 Å². The summed E-state index contributed by atoms with van der Waals surface area (Å²) < 4.78 is 8.34. The Labute approximate surface area is 276 Å². The summed E-state index contributed by atoms with van der Waals surface area (Å²) >= 11 is 0.300. The predicted molar refractivity (Wildman–Crippen MR) is 175 cm³/mol. The zero-order valence-corrected chi connectivity index (χ0v) is 30.2. The Hall–Kier alpha value is -0.897. The minimum atomic E-state index is -0.664. The van der Waals surface area contributed by atoms with Gasteiger partial charge in [0.15, 0.2) is 0 Å². The monoisotopic (exact) mass is 670 g/mol. The Morgan fingerprint density at radius 1 is 0.405 bits per heavy atom. The summed E-state index contributed by atoms with van der Waals surface area (Å²) in [6, 6.07) is 0. The molecule has 246 valence electrons. The maximum absolute atomic E-state index is 10.3. The molecule has 0 saturated carbocycles. The van der Waals surface area contributed by atoms with Crippen LogP contribution in [-0.4, -0.2) is 22.2 Å². The first-order valence-corrected chi connectivity index (χ1v) is 18.5. The van der Waals surface area contributed by atoms with E-state index in [1.807, 2.05) is 0 Å². The van der Waals surface area contributed by atoms with Crippen LogP contribution in [0.25, 0.3) is 0 Å². The molecule has 42 heavy (non-hydrogen) atoms. The van der Waals surface area contributed by atoms with E-state index in [1.54, 1.807) is 0 Å². The molecular formula is C36H68O5Zr. The van der Waals surface area contributed by atoms with Crippen molar-refractivity contribution >= 4 is 11.9 Å². The van der Waals surface area contributed by atoms with E-state index in [4.69, 9.17) is 13.0 Å². The van der Waals surface area contributed by atoms with Gasteiger partial charge in [-0.1, -0.05) is 141 Å². The van der Waals surface area contributed by atoms with E-state index in [2.05, 4.69) is 38.2 Å². The van der Waals surface area contributed by atoms with Crippen molar-refractivity contribution in [1.82, 2.24) is 0 Å². The van der Waals surface area contributed by atoms with E-state index >= 15 is 0 Å². The van der Waals surface area contributed by atoms with Crippen LogP contribution < -0.4 is 0 Å². The Morgan fingerprint density at radius 3 is 0.857 bits per heavy atom. The first-order valence-electron chi connectivity index (χ1n) is 17.5. The minimum absolute atomic E-state index is 0.300. The second-order valence-corrected chi connectivity index (χ2v) is 11.5. The summed E-state index contributed by atoms with van der Waals surface area (Å²) in [6.07, 6.45) is 42.5. The number of aliphatic carboxylic acids is 2. The molecule has 0 aromatic rings. The van der Waals surface area contributed by atoms with Crippen molar-refractivity contribution in [3.05, 3.63) is 24.3 Å². The molecule has 0 aromatic carbocycles. The zero-order valence-electron chi connectivity index (χ0n) is 27.7. The molecule has 6 heteroatoms. The Bertz CT molecular complexity index is 541. The van der Waals surface area contributed by atoms with Crippen molar-refractivity contribution < 1.29 is 47.3 Å². The summed E-state index contributed by atoms with van der Waals surface area (Å²) in [6.45, 7) is 4.52. The van der Waals surface area contributed by atoms with Crippen molar-refractivity contribution in [2.45, 2.75) is 194 Å². The molecule has 0 unspecified atom stereocenters. The third kappa shape index (κ3) is 51.8. The Balaban J connectivity index is -0.000000683. The second kappa shape index (κ2) is 44.5. The van der Waals surface area contributed by atoms with Gasteiger partial charge in [-0.15, -0.1) is 0 Å². The van der Waals surface area contributed by atoms with Gasteiger partial charge in [0.05, 0.1) is 0 Å². The normalized spacial score (nSPS) is 10.8. The van der Waals surface area contributed by atoms with Gasteiger partial charge in [-0.25, -0.2) is 0 Å². The molecule has 0 aliphatic rings. The molecule has 0 saturated heterocycles. The van der Waals surface area contributed by atoms with Gasteiger partial charge in [0.1, 0.15) is 0 Å². The summed E-state index contributed by atoms with van der Waals surface area (Å²) in [5, 5.41) is 17.0. The predicted octanol–water partition coefficient (Wildman–Crippen LogP) is 12.1. The Morgan fingerprint density at radius 2 is 0.619 bits per heavy atom. The summed E-state index contributed by atoms with van der Waals surface area (Å²) in [7, 11) is 0. The van der Waals surface area contributed by atoms with Gasteiger partial charge in [0.25, 0.3) is 0 Å². The Kier molecular flexibility index (Phi) is 48.3. The molecule has 0 fully saturated rings. The van der Waals surface area contributed by atoms with E-state index in [1.165, 1.54) is 141 Å². The van der Waals surface area contributed by atoms with E-state index in [0.29, 0.717) is 37.6 Å². The SMILES string of the molecule is CCCCCCCC/C=C\CCCCCCCC(=O)O.CCCCCCCC/C=C\CCCCCCCC(=O)O.[O]=[Zr]. The van der Waals surface area contributed by atoms with Crippen molar-refractivity contribution in [2.24, 2.45) is 0 Å². The molecule has 0 radical (unpaired) electrons. The number of hydrogen-bond acceptors (Lipinski definition) is 3. The van der Waals surface area contributed by atoms with Crippen molar-refractivity contribution in [3.8, 4) is 0 Å². The molecule has 0 amide bonds. The van der Waals surface area contributed by atoms with Gasteiger partial charge < -0.3 is 10.2 Å². The summed E-state index contributed by atoms with van der Waals surface area (Å²) in [5.41, 5.74) is 0. The fraction of sp³-hybridized carbons (Fsp3) is 0.833. The number of allylic oxidation sites excluding steroid dienone is 4. The van der Waals surface area contributed by atoms with Gasteiger partial charge in [0.2, 0.25) is 0 Å². The van der Waals surface area contributed by atoms with Crippen LogP contribution in [0, 0.1) is 0 Å². The number of hydrogen-bond donors (Lipinski definition) is 2. The fourth-order valence-corrected chi connectivity index (χ4v) is 4.69. The van der Waals surface area contributed by atoms with E-state index in [9.17, 15) is 9.59 Å². The van der Waals surface area contributed by atoms with Gasteiger partial charge >= 0.3 is 39.5 Å². The fourth-order valence-electron chi connectivity index (χ4n) is 4.69. The third-order valence-electron chi connectivity index (χ3n) is 7.30. The number of rotatable bonds is 30. The first-order chi connectivity index (χ1) is 20.5. The number of carbonyl (C=O) groups is 2. The molecule has 0 bridgehead atoms. The zero-order chi connectivity index (χ0) is 31.8. The molecule has 5 nitrogen and oxygen atoms in total. The molecule has 0 aliphatic carbocycles. The molecule has 0 rings (SSSR count). The quantitative estimate of drug-likeness (QED) is 0.0585. The van der Waals surface area contributed by atoms with Crippen LogP contribution in [0.2, 0.25) is 0 Å². The number of unbranched alkanes of at least 4 members (excludes halogenated alkanes) is 22. The van der Waals surface area contributed by atoms with Crippen LogP contribution in [0.15, 0.2) is 24.3 Å². The van der Waals surface area contributed by atoms with Crippen molar-refractivity contribution in [1.29, 1.82) is 0 Å². The van der Waals surface area contributed by atoms with Gasteiger partial charge in [-0.3, -0.25) is 9.59 Å². The molecular weight excluding hydrogens is 604 g/mol. The molecule has 0 atom stereocenters. The van der Waals surface area contributed by atoms with Gasteiger partial charge in [-0.2, -0.15) is 0 Å². The molecule has 0 spiro atoms. The molecule has 0 heterocycles. The van der Waals surface area contributed by atoms with Crippen LogP contribution in [0.4, 0.5) is 0 Å². The second-order valence-electron chi connectivity index (χ2n) is 11.5. The maximum atomic E-state index is 10.3. The van der Waals surface area contributed by atoms with Gasteiger partial charge in [0, 0.05) is 12.8 Å². The number of carboxylic acids is 2. The van der Waals surface area contributed by atoms with E-state index in [0.717, 1.165) is 25.7 Å². The van der Waals surface area contributed by atoms with Crippen molar-refractivity contribution in [2.75, 3.05) is 0 Å². The van der Waals surface area contributed by atoms with Crippen molar-refractivity contribution in [3.63, 3.8) is 0 Å². The van der Waals surface area contributed by atoms with Crippen LogP contribution in [0.1, 0.15) is 194 Å². The van der Waals surface area contributed by atoms with Crippen LogP contribution in [-0.2, 0) is 37.1 Å². The standard InChI is InChI=1S/2C18H34O2.O.Zr/c2*1-2-3-4-5-6-7-8-9-10-11-12-13-14-15-16-17-18(19)20;;/h2*9-10H,2-8,11-17H2,1H3,(H,19,20);;/b2*10-9-;;. The van der Waals surface area contributed by atoms with E-state index in [-0.39, 0.29) is 0 Å². The first kappa shape index (κ1) is 45.5. The third-order valence-corrected chi connectivity index (χ3v) is 7.30. The molecule has 0 aromatic heterocycles. The molecule has 2 N–H and O–H groups in total. The molecule has 0 aliphatic heterocycles. The average Bonchev–Trinajstić information content (AvgIpc) is 2.98. The summed E-state index contributed by atoms with van der Waals surface area (Å²) in [5.74, 6) is -1.33. The topological polar surface area (TPSA) is 91.7 Å². The average molecular weight is 672 g/mol. The van der Waals surface area contributed by atoms with Gasteiger partial charge in [-0.05, 0) is 64.2 Å². The van der Waals surface area contributed by atoms with Crippen LogP contribution >= 0.6 is 0 Å². The van der Waals surface area contributed by atoms with Crippen LogP contribution in [0.5, 0.6) is 0 Å². The number of carboxylic acid groups (broad SMARTS) is 2. The summed E-state index contributed by atoms with van der Waals surface area (Å²) in [4.78, 5) is 20.6. The van der Waals surface area contributed by atoms with Crippen LogP contribution in [0.3, 0.4) is 0 Å².